The number of esters is 4. The lowest BCUT2D eigenvalue weighted by Gasteiger charge is -2.44. The van der Waals surface area contributed by atoms with Gasteiger partial charge in [0.1, 0.15) is 25.4 Å². The van der Waals surface area contributed by atoms with Gasteiger partial charge in [-0.15, -0.1) is 0 Å². The Kier molecular flexibility index (Phi) is 11.7. The summed E-state index contributed by atoms with van der Waals surface area (Å²) in [6, 6.07) is 14.4. The van der Waals surface area contributed by atoms with E-state index in [4.69, 9.17) is 33.2 Å². The van der Waals surface area contributed by atoms with Gasteiger partial charge in [0.25, 0.3) is 0 Å². The minimum Gasteiger partial charge on any atom is -0.463 e. The summed E-state index contributed by atoms with van der Waals surface area (Å²) in [7, 11) is 0. The van der Waals surface area contributed by atoms with Crippen LogP contribution in [0.1, 0.15) is 51.7 Å². The van der Waals surface area contributed by atoms with Gasteiger partial charge >= 0.3 is 30.0 Å². The number of rotatable bonds is 12. The number of amides is 1. The van der Waals surface area contributed by atoms with E-state index in [-0.39, 0.29) is 12.5 Å². The summed E-state index contributed by atoms with van der Waals surface area (Å²) in [5.74, 6) is -3.79. The van der Waals surface area contributed by atoms with Crippen LogP contribution in [0.25, 0.3) is 11.1 Å². The summed E-state index contributed by atoms with van der Waals surface area (Å²) in [5.41, 5.74) is 4.13. The Balaban J connectivity index is 1.48. The summed E-state index contributed by atoms with van der Waals surface area (Å²) in [4.78, 5) is 73.1. The van der Waals surface area contributed by atoms with Crippen LogP contribution in [0, 0.1) is 0 Å². The second kappa shape index (κ2) is 15.6. The van der Waals surface area contributed by atoms with Crippen LogP contribution in [0.5, 0.6) is 0 Å². The first-order chi connectivity index (χ1) is 22.3. The minimum absolute atomic E-state index is 0.00499. The molecule has 0 aromatic heterocycles. The molecule has 252 valence electrons. The fourth-order valence-electron chi connectivity index (χ4n) is 5.56. The lowest BCUT2D eigenvalue weighted by Crippen LogP contribution is -2.63. The average Bonchev–Trinajstić information content (AvgIpc) is 3.32. The van der Waals surface area contributed by atoms with Crippen molar-refractivity contribution in [3.05, 3.63) is 59.7 Å². The van der Waals surface area contributed by atoms with Gasteiger partial charge in [0, 0.05) is 33.6 Å². The highest BCUT2D eigenvalue weighted by atomic mass is 16.7. The lowest BCUT2D eigenvalue weighted by atomic mass is 9.98. The van der Waals surface area contributed by atoms with Gasteiger partial charge < -0.3 is 38.5 Å². The van der Waals surface area contributed by atoms with Gasteiger partial charge in [0.15, 0.2) is 30.4 Å². The first kappa shape index (κ1) is 35.0. The highest BCUT2D eigenvalue weighted by molar-refractivity contribution is 5.85. The Bertz CT molecular complexity index is 1460. The minimum atomic E-state index is -1.53. The maximum absolute atomic E-state index is 12.9. The van der Waals surface area contributed by atoms with E-state index in [1.54, 1.807) is 0 Å². The van der Waals surface area contributed by atoms with Crippen molar-refractivity contribution in [3.8, 4) is 11.1 Å². The highest BCUT2D eigenvalue weighted by Crippen LogP contribution is 2.44. The number of fused-ring (bicyclic) bond motifs is 3. The molecule has 0 radical (unpaired) electrons. The zero-order valence-corrected chi connectivity index (χ0v) is 26.6. The van der Waals surface area contributed by atoms with Gasteiger partial charge in [-0.1, -0.05) is 48.5 Å². The van der Waals surface area contributed by atoms with E-state index in [1.807, 2.05) is 48.5 Å². The molecule has 0 bridgehead atoms. The van der Waals surface area contributed by atoms with E-state index in [1.165, 1.54) is 6.92 Å². The van der Waals surface area contributed by atoms with Crippen molar-refractivity contribution < 1.29 is 61.9 Å². The Morgan fingerprint density at radius 3 is 1.74 bits per heavy atom. The third-order valence-electron chi connectivity index (χ3n) is 7.50. The Labute approximate surface area is 270 Å². The van der Waals surface area contributed by atoms with Gasteiger partial charge in [-0.3, -0.25) is 24.0 Å². The number of carbonyl (C=O) groups is 6. The summed E-state index contributed by atoms with van der Waals surface area (Å²) < 4.78 is 38.4. The number of carbonyl (C=O) groups excluding carboxylic acids is 6. The lowest BCUT2D eigenvalue weighted by molar-refractivity contribution is -0.308. The fraction of sp³-hybridized carbons (Fsp3) is 0.455. The summed E-state index contributed by atoms with van der Waals surface area (Å²) in [5, 5.41) is 2.49. The molecule has 0 saturated carbocycles. The SMILES string of the molecule is CC(=O)OCC1O[C@@H](OC[C@@H](NC(=O)OCC2c3ccccc3-c3ccccc32)C(C)=O)C(OC(C)=O)[C@@H](OC(C)=O)[C@H]1OC(C)=O. The summed E-state index contributed by atoms with van der Waals surface area (Å²) in [6.45, 7) is 4.71. The van der Waals surface area contributed by atoms with Crippen molar-refractivity contribution in [3.63, 3.8) is 0 Å². The van der Waals surface area contributed by atoms with Crippen molar-refractivity contribution >= 4 is 35.8 Å². The zero-order valence-electron chi connectivity index (χ0n) is 26.6. The van der Waals surface area contributed by atoms with Crippen molar-refractivity contribution in [2.45, 2.75) is 77.3 Å². The molecule has 14 nitrogen and oxygen atoms in total. The summed E-state index contributed by atoms with van der Waals surface area (Å²) in [6.07, 6.45) is -7.96. The molecule has 1 aliphatic carbocycles. The average molecular weight is 656 g/mol. The Hall–Kier alpha value is -4.82. The van der Waals surface area contributed by atoms with E-state index in [0.29, 0.717) is 0 Å². The monoisotopic (exact) mass is 655 g/mol. The number of ketones is 1. The quantitative estimate of drug-likeness (QED) is 0.261. The molecule has 2 unspecified atom stereocenters. The van der Waals surface area contributed by atoms with E-state index in [0.717, 1.165) is 49.9 Å². The molecule has 4 rings (SSSR count). The molecule has 2 aromatic carbocycles. The second-order valence-electron chi connectivity index (χ2n) is 11.0. The molecule has 14 heteroatoms. The van der Waals surface area contributed by atoms with E-state index in [2.05, 4.69) is 5.32 Å². The third kappa shape index (κ3) is 8.92. The number of hydrogen-bond acceptors (Lipinski definition) is 13. The van der Waals surface area contributed by atoms with Crippen LogP contribution in [-0.2, 0) is 57.1 Å². The van der Waals surface area contributed by atoms with Gasteiger partial charge in [0.2, 0.25) is 0 Å². The van der Waals surface area contributed by atoms with Crippen LogP contribution in [0.2, 0.25) is 0 Å². The molecule has 0 spiro atoms. The van der Waals surface area contributed by atoms with Crippen LogP contribution < -0.4 is 5.32 Å². The third-order valence-corrected chi connectivity index (χ3v) is 7.50. The normalized spacial score (nSPS) is 22.1. The standard InChI is InChI=1S/C33H37NO13/c1-17(35)27(34-33(40)43-14-26-24-12-8-6-10-22(24)23-11-7-9-13-25(23)26)15-42-32-31(46-21(5)39)30(45-20(4)38)29(44-19(3)37)28(47-32)16-41-18(2)36/h6-13,26-32H,14-16H2,1-5H3,(H,34,40)/t27-,28?,29+,30+,31?,32-/m1/s1. The largest absolute Gasteiger partial charge is 0.463 e. The van der Waals surface area contributed by atoms with Gasteiger partial charge in [-0.2, -0.15) is 0 Å². The smallest absolute Gasteiger partial charge is 0.407 e. The van der Waals surface area contributed by atoms with E-state index < -0.39 is 85.7 Å². The van der Waals surface area contributed by atoms with Crippen LogP contribution in [0.3, 0.4) is 0 Å². The molecular formula is C33H37NO13. The molecule has 1 aliphatic heterocycles. The molecular weight excluding hydrogens is 618 g/mol. The predicted octanol–water partition coefficient (Wildman–Crippen LogP) is 2.58. The first-order valence-corrected chi connectivity index (χ1v) is 14.9. The Morgan fingerprint density at radius 2 is 1.21 bits per heavy atom. The van der Waals surface area contributed by atoms with Crippen LogP contribution in [-0.4, -0.2) is 92.3 Å². The highest BCUT2D eigenvalue weighted by Gasteiger charge is 2.53. The maximum Gasteiger partial charge on any atom is 0.407 e. The first-order valence-electron chi connectivity index (χ1n) is 14.9. The van der Waals surface area contributed by atoms with E-state index in [9.17, 15) is 28.8 Å². The molecule has 1 fully saturated rings. The maximum atomic E-state index is 12.9. The molecule has 1 amide bonds. The van der Waals surface area contributed by atoms with Crippen LogP contribution in [0.4, 0.5) is 4.79 Å². The molecule has 47 heavy (non-hydrogen) atoms. The van der Waals surface area contributed by atoms with E-state index >= 15 is 0 Å². The number of hydrogen-bond donors (Lipinski definition) is 1. The van der Waals surface area contributed by atoms with Gasteiger partial charge in [0.05, 0.1) is 6.61 Å². The zero-order chi connectivity index (χ0) is 34.2. The van der Waals surface area contributed by atoms with Crippen molar-refractivity contribution in [1.82, 2.24) is 5.32 Å². The number of nitrogens with one attached hydrogen (secondary N) is 1. The van der Waals surface area contributed by atoms with Gasteiger partial charge in [-0.05, 0) is 29.2 Å². The molecule has 1 N–H and O–H groups in total. The number of ether oxygens (including phenoxy) is 7. The van der Waals surface area contributed by atoms with Crippen LogP contribution in [0.15, 0.2) is 48.5 Å². The Morgan fingerprint density at radius 1 is 0.681 bits per heavy atom. The predicted molar refractivity (Wildman–Crippen MR) is 161 cm³/mol. The van der Waals surface area contributed by atoms with Gasteiger partial charge in [-0.25, -0.2) is 4.79 Å². The number of alkyl carbamates (subject to hydrolysis) is 1. The number of Topliss-reactive ketones (excluding diaryl/α,β-unsaturated/α-hetero) is 1. The van der Waals surface area contributed by atoms with Crippen molar-refractivity contribution in [1.29, 1.82) is 0 Å². The molecule has 6 atom stereocenters. The van der Waals surface area contributed by atoms with Crippen LogP contribution >= 0.6 is 0 Å². The molecule has 1 saturated heterocycles. The molecule has 2 aromatic rings. The fourth-order valence-corrected chi connectivity index (χ4v) is 5.56. The molecule has 1 heterocycles. The second-order valence-corrected chi connectivity index (χ2v) is 11.0. The van der Waals surface area contributed by atoms with Crippen molar-refractivity contribution in [2.75, 3.05) is 19.8 Å². The number of benzene rings is 2. The van der Waals surface area contributed by atoms with Crippen molar-refractivity contribution in [2.24, 2.45) is 0 Å². The summed E-state index contributed by atoms with van der Waals surface area (Å²) >= 11 is 0. The topological polar surface area (TPSA) is 179 Å². The molecule has 2 aliphatic rings.